The number of hydrogen-bond donors (Lipinski definition) is 1. The molecule has 31 heavy (non-hydrogen) atoms. The van der Waals surface area contributed by atoms with Gasteiger partial charge in [0.05, 0.1) is 11.4 Å². The van der Waals surface area contributed by atoms with Gasteiger partial charge in [-0.25, -0.2) is 23.7 Å². The smallest absolute Gasteiger partial charge is 0.159 e. The Balaban J connectivity index is 1.67. The van der Waals surface area contributed by atoms with E-state index in [1.165, 1.54) is 18.5 Å². The molecule has 1 aliphatic carbocycles. The maximum absolute atomic E-state index is 14.9. The molecule has 0 saturated heterocycles. The van der Waals surface area contributed by atoms with E-state index < -0.39 is 17.6 Å². The molecule has 0 fully saturated rings. The Hall–Kier alpha value is -2.90. The van der Waals surface area contributed by atoms with E-state index in [0.29, 0.717) is 27.6 Å². The van der Waals surface area contributed by atoms with Gasteiger partial charge in [-0.15, -0.1) is 0 Å². The zero-order valence-electron chi connectivity index (χ0n) is 16.9. The van der Waals surface area contributed by atoms with Gasteiger partial charge in [0.2, 0.25) is 0 Å². The molecule has 0 bridgehead atoms. The summed E-state index contributed by atoms with van der Waals surface area (Å²) >= 11 is 6.39. The molecular weight excluding hydrogens is 422 g/mol. The number of alkyl halides is 1. The van der Waals surface area contributed by atoms with Crippen molar-refractivity contribution in [2.75, 3.05) is 0 Å². The normalized spacial score (nSPS) is 18.5. The topological polar surface area (TPSA) is 63.3 Å². The molecule has 158 valence electrons. The average molecular weight is 441 g/mol. The summed E-state index contributed by atoms with van der Waals surface area (Å²) in [5.41, 5.74) is 1.63. The van der Waals surface area contributed by atoms with E-state index >= 15 is 0 Å². The number of aromatic nitrogens is 4. The minimum Gasteiger partial charge on any atom is -0.382 e. The first-order valence-electron chi connectivity index (χ1n) is 9.89. The SMILES string of the molecule is CC(C)(O)c1ncc(-c2cn3c4c(nc3cc2F)C(F)CC4c2ccccc2Cl)cn1. The second-order valence-electron chi connectivity index (χ2n) is 8.28. The zero-order valence-corrected chi connectivity index (χ0v) is 17.6. The maximum atomic E-state index is 14.9. The number of imidazole rings is 1. The number of nitrogens with zero attached hydrogens (tertiary/aromatic N) is 4. The number of fused-ring (bicyclic) bond motifs is 3. The zero-order chi connectivity index (χ0) is 21.9. The number of pyridine rings is 1. The molecule has 1 aromatic carbocycles. The van der Waals surface area contributed by atoms with E-state index in [2.05, 4.69) is 15.0 Å². The van der Waals surface area contributed by atoms with E-state index in [-0.39, 0.29) is 23.7 Å². The standard InChI is InChI=1S/C23H19ClF2N4O/c1-23(2,31)22-27-9-12(10-28-22)15-11-30-19(8-17(15)25)29-20-18(26)7-14(21(20)30)13-5-3-4-6-16(13)24/h3-6,8-11,14,18,31H,7H2,1-2H3. The fourth-order valence-corrected chi connectivity index (χ4v) is 4.40. The van der Waals surface area contributed by atoms with Crippen LogP contribution in [0.2, 0.25) is 5.02 Å². The first kappa shape index (κ1) is 20.0. The number of aliphatic hydroxyl groups is 1. The highest BCUT2D eigenvalue weighted by atomic mass is 35.5. The van der Waals surface area contributed by atoms with Crippen molar-refractivity contribution >= 4 is 17.2 Å². The van der Waals surface area contributed by atoms with Crippen molar-refractivity contribution in [2.45, 2.75) is 38.0 Å². The predicted octanol–water partition coefficient (Wildman–Crippen LogP) is 5.36. The summed E-state index contributed by atoms with van der Waals surface area (Å²) in [4.78, 5) is 12.7. The van der Waals surface area contributed by atoms with Gasteiger partial charge in [-0.2, -0.15) is 0 Å². The lowest BCUT2D eigenvalue weighted by Crippen LogP contribution is -2.19. The van der Waals surface area contributed by atoms with Gasteiger partial charge in [0.1, 0.15) is 23.2 Å². The molecule has 0 spiro atoms. The molecule has 0 amide bonds. The van der Waals surface area contributed by atoms with Crippen LogP contribution in [-0.2, 0) is 5.60 Å². The van der Waals surface area contributed by atoms with Crippen LogP contribution >= 0.6 is 11.6 Å². The maximum Gasteiger partial charge on any atom is 0.159 e. The molecule has 0 radical (unpaired) electrons. The Bertz CT molecular complexity index is 1300. The predicted molar refractivity (Wildman–Crippen MR) is 113 cm³/mol. The molecule has 0 saturated carbocycles. The van der Waals surface area contributed by atoms with Crippen molar-refractivity contribution in [1.82, 2.24) is 19.4 Å². The van der Waals surface area contributed by atoms with Crippen molar-refractivity contribution in [2.24, 2.45) is 0 Å². The number of hydrogen-bond acceptors (Lipinski definition) is 4. The minimum absolute atomic E-state index is 0.236. The van der Waals surface area contributed by atoms with Crippen LogP contribution in [0.3, 0.4) is 0 Å². The van der Waals surface area contributed by atoms with Crippen LogP contribution in [0.5, 0.6) is 0 Å². The van der Waals surface area contributed by atoms with Gasteiger partial charge in [-0.3, -0.25) is 0 Å². The largest absolute Gasteiger partial charge is 0.382 e. The van der Waals surface area contributed by atoms with Gasteiger partial charge < -0.3 is 9.51 Å². The summed E-state index contributed by atoms with van der Waals surface area (Å²) in [5, 5.41) is 10.6. The number of halogens is 3. The summed E-state index contributed by atoms with van der Waals surface area (Å²) in [5.74, 6) is -0.568. The summed E-state index contributed by atoms with van der Waals surface area (Å²) in [6, 6.07) is 8.63. The van der Waals surface area contributed by atoms with Gasteiger partial charge in [0.25, 0.3) is 0 Å². The van der Waals surface area contributed by atoms with E-state index in [1.54, 1.807) is 30.5 Å². The highest BCUT2D eigenvalue weighted by Crippen LogP contribution is 2.47. The molecule has 1 aliphatic rings. The first-order chi connectivity index (χ1) is 14.7. The third-order valence-electron chi connectivity index (χ3n) is 5.64. The van der Waals surface area contributed by atoms with Crippen molar-refractivity contribution in [3.05, 3.63) is 82.5 Å². The molecule has 5 nitrogen and oxygen atoms in total. The fraction of sp³-hybridized carbons (Fsp3) is 0.261. The van der Waals surface area contributed by atoms with Crippen LogP contribution in [0.25, 0.3) is 16.8 Å². The lowest BCUT2D eigenvalue weighted by Gasteiger charge is -2.16. The van der Waals surface area contributed by atoms with E-state index in [0.717, 1.165) is 5.56 Å². The Morgan fingerprint density at radius 2 is 1.90 bits per heavy atom. The Kier molecular flexibility index (Phi) is 4.57. The first-order valence-corrected chi connectivity index (χ1v) is 10.3. The van der Waals surface area contributed by atoms with Crippen LogP contribution in [0.4, 0.5) is 8.78 Å². The third kappa shape index (κ3) is 3.28. The molecule has 8 heteroatoms. The van der Waals surface area contributed by atoms with Gasteiger partial charge in [0.15, 0.2) is 5.82 Å². The summed E-state index contributed by atoms with van der Waals surface area (Å²) in [6.07, 6.45) is 3.51. The van der Waals surface area contributed by atoms with Crippen molar-refractivity contribution < 1.29 is 13.9 Å². The van der Waals surface area contributed by atoms with Crippen LogP contribution in [0.15, 0.2) is 48.9 Å². The van der Waals surface area contributed by atoms with Crippen LogP contribution < -0.4 is 0 Å². The van der Waals surface area contributed by atoms with Gasteiger partial charge >= 0.3 is 0 Å². The number of benzene rings is 1. The molecule has 5 rings (SSSR count). The monoisotopic (exact) mass is 440 g/mol. The summed E-state index contributed by atoms with van der Waals surface area (Å²) in [7, 11) is 0. The Morgan fingerprint density at radius 1 is 1.19 bits per heavy atom. The second-order valence-corrected chi connectivity index (χ2v) is 8.68. The second kappa shape index (κ2) is 7.07. The highest BCUT2D eigenvalue weighted by Gasteiger charge is 2.38. The molecule has 2 unspecified atom stereocenters. The van der Waals surface area contributed by atoms with Crippen molar-refractivity contribution in [3.8, 4) is 11.1 Å². The molecular formula is C23H19ClF2N4O. The summed E-state index contributed by atoms with van der Waals surface area (Å²) in [6.45, 7) is 3.15. The molecule has 3 aromatic heterocycles. The quantitative estimate of drug-likeness (QED) is 0.466. The van der Waals surface area contributed by atoms with E-state index in [4.69, 9.17) is 11.6 Å². The molecule has 3 heterocycles. The lowest BCUT2D eigenvalue weighted by atomic mass is 9.96. The van der Waals surface area contributed by atoms with Gasteiger partial charge in [-0.1, -0.05) is 29.8 Å². The Morgan fingerprint density at radius 3 is 2.58 bits per heavy atom. The fourth-order valence-electron chi connectivity index (χ4n) is 4.14. The van der Waals surface area contributed by atoms with E-state index in [9.17, 15) is 13.9 Å². The minimum atomic E-state index is -1.25. The lowest BCUT2D eigenvalue weighted by molar-refractivity contribution is 0.0687. The van der Waals surface area contributed by atoms with Crippen molar-refractivity contribution in [3.63, 3.8) is 0 Å². The molecule has 4 aromatic rings. The summed E-state index contributed by atoms with van der Waals surface area (Å²) < 4.78 is 31.5. The van der Waals surface area contributed by atoms with Crippen LogP contribution in [0, 0.1) is 5.82 Å². The van der Waals surface area contributed by atoms with E-state index in [1.807, 2.05) is 18.2 Å². The highest BCUT2D eigenvalue weighted by molar-refractivity contribution is 6.31. The molecule has 0 aliphatic heterocycles. The molecule has 1 N–H and O–H groups in total. The van der Waals surface area contributed by atoms with Crippen molar-refractivity contribution in [1.29, 1.82) is 0 Å². The van der Waals surface area contributed by atoms with Crippen LogP contribution in [-0.4, -0.2) is 24.5 Å². The van der Waals surface area contributed by atoms with Gasteiger partial charge in [-0.05, 0) is 31.9 Å². The van der Waals surface area contributed by atoms with Gasteiger partial charge in [0, 0.05) is 46.7 Å². The Labute approximate surface area is 182 Å². The van der Waals surface area contributed by atoms with Crippen LogP contribution in [0.1, 0.15) is 55.1 Å². The molecule has 2 atom stereocenters. The number of rotatable bonds is 3. The average Bonchev–Trinajstić information content (AvgIpc) is 3.24. The third-order valence-corrected chi connectivity index (χ3v) is 5.98.